The molecule has 2 aliphatic rings. The number of alkyl halides is 1. The van der Waals surface area contributed by atoms with Gasteiger partial charge in [0.05, 0.1) is 6.67 Å². The molecule has 1 aromatic heterocycles. The van der Waals surface area contributed by atoms with Crippen LogP contribution in [0.3, 0.4) is 0 Å². The van der Waals surface area contributed by atoms with Crippen molar-refractivity contribution < 1.29 is 9.18 Å². The van der Waals surface area contributed by atoms with Gasteiger partial charge in [0, 0.05) is 49.4 Å². The summed E-state index contributed by atoms with van der Waals surface area (Å²) in [6, 6.07) is 2.21. The maximum Gasteiger partial charge on any atom is 0.225 e. The van der Waals surface area contributed by atoms with E-state index in [9.17, 15) is 9.18 Å². The molecular weight excluding hydrogens is 283 g/mol. The predicted molar refractivity (Wildman–Crippen MR) is 82.5 cm³/mol. The van der Waals surface area contributed by atoms with Crippen LogP contribution in [-0.2, 0) is 4.79 Å². The quantitative estimate of drug-likeness (QED) is 0.855. The van der Waals surface area contributed by atoms with E-state index in [-0.39, 0.29) is 17.9 Å². The van der Waals surface area contributed by atoms with Crippen molar-refractivity contribution in [3.05, 3.63) is 17.5 Å². The van der Waals surface area contributed by atoms with Crippen molar-refractivity contribution in [3.63, 3.8) is 0 Å². The smallest absolute Gasteiger partial charge is 0.225 e. The summed E-state index contributed by atoms with van der Waals surface area (Å²) in [7, 11) is 0. The molecular formula is C16H23FN4O. The second-order valence-corrected chi connectivity index (χ2v) is 6.44. The lowest BCUT2D eigenvalue weighted by Gasteiger charge is -2.37. The molecule has 0 spiro atoms. The van der Waals surface area contributed by atoms with Gasteiger partial charge in [-0.05, 0) is 32.8 Å². The van der Waals surface area contributed by atoms with Crippen LogP contribution in [0.4, 0.5) is 10.3 Å². The Hall–Kier alpha value is -1.72. The van der Waals surface area contributed by atoms with E-state index in [0.29, 0.717) is 13.0 Å². The molecule has 22 heavy (non-hydrogen) atoms. The standard InChI is InChI=1S/C16H23FN4O/c1-11-7-12(2)19-16(18-11)20-5-3-14(4-6-20)21-10-13(9-17)8-15(21)22/h7,13-14H,3-6,8-10H2,1-2H3. The molecule has 1 atom stereocenters. The molecule has 2 aliphatic heterocycles. The third kappa shape index (κ3) is 3.05. The summed E-state index contributed by atoms with van der Waals surface area (Å²) in [6.45, 7) is 5.84. The first-order chi connectivity index (χ1) is 10.6. The van der Waals surface area contributed by atoms with Gasteiger partial charge in [-0.3, -0.25) is 9.18 Å². The molecule has 0 bridgehead atoms. The average molecular weight is 306 g/mol. The first-order valence-electron chi connectivity index (χ1n) is 7.99. The fourth-order valence-electron chi connectivity index (χ4n) is 3.49. The Bertz CT molecular complexity index is 537. The Morgan fingerprint density at radius 1 is 1.23 bits per heavy atom. The van der Waals surface area contributed by atoms with Crippen LogP contribution in [0.15, 0.2) is 6.07 Å². The van der Waals surface area contributed by atoms with Crippen molar-refractivity contribution in [2.24, 2.45) is 5.92 Å². The average Bonchev–Trinajstić information content (AvgIpc) is 2.87. The zero-order chi connectivity index (χ0) is 15.7. The molecule has 3 rings (SSSR count). The molecule has 0 saturated carbocycles. The highest BCUT2D eigenvalue weighted by atomic mass is 19.1. The first kappa shape index (κ1) is 15.2. The van der Waals surface area contributed by atoms with E-state index in [2.05, 4.69) is 14.9 Å². The van der Waals surface area contributed by atoms with Gasteiger partial charge in [0.25, 0.3) is 0 Å². The number of nitrogens with zero attached hydrogens (tertiary/aromatic N) is 4. The van der Waals surface area contributed by atoms with Crippen LogP contribution >= 0.6 is 0 Å². The molecule has 0 radical (unpaired) electrons. The summed E-state index contributed by atoms with van der Waals surface area (Å²) in [5.74, 6) is 0.794. The molecule has 6 heteroatoms. The summed E-state index contributed by atoms with van der Waals surface area (Å²) in [4.78, 5) is 25.1. The first-order valence-corrected chi connectivity index (χ1v) is 7.99. The van der Waals surface area contributed by atoms with Crippen molar-refractivity contribution in [1.29, 1.82) is 0 Å². The Morgan fingerprint density at radius 2 is 1.86 bits per heavy atom. The van der Waals surface area contributed by atoms with Crippen molar-refractivity contribution in [3.8, 4) is 0 Å². The highest BCUT2D eigenvalue weighted by Crippen LogP contribution is 2.27. The van der Waals surface area contributed by atoms with E-state index >= 15 is 0 Å². The molecule has 0 N–H and O–H groups in total. The van der Waals surface area contributed by atoms with Crippen molar-refractivity contribution in [1.82, 2.24) is 14.9 Å². The van der Waals surface area contributed by atoms with Crippen LogP contribution in [0.5, 0.6) is 0 Å². The van der Waals surface area contributed by atoms with Crippen LogP contribution in [0, 0.1) is 19.8 Å². The number of hydrogen-bond acceptors (Lipinski definition) is 4. The SMILES string of the molecule is Cc1cc(C)nc(N2CCC(N3CC(CF)CC3=O)CC2)n1. The van der Waals surface area contributed by atoms with Crippen molar-refractivity contribution in [2.75, 3.05) is 31.2 Å². The number of likely N-dealkylation sites (tertiary alicyclic amines) is 1. The Balaban J connectivity index is 1.62. The topological polar surface area (TPSA) is 49.3 Å². The number of piperidine rings is 1. The van der Waals surface area contributed by atoms with Gasteiger partial charge in [-0.2, -0.15) is 0 Å². The van der Waals surface area contributed by atoms with Crippen LogP contribution in [-0.4, -0.2) is 53.1 Å². The van der Waals surface area contributed by atoms with Crippen LogP contribution in [0.25, 0.3) is 0 Å². The number of aryl methyl sites for hydroxylation is 2. The molecule has 1 unspecified atom stereocenters. The summed E-state index contributed by atoms with van der Waals surface area (Å²) in [5.41, 5.74) is 1.95. The van der Waals surface area contributed by atoms with Gasteiger partial charge < -0.3 is 9.80 Å². The Morgan fingerprint density at radius 3 is 2.41 bits per heavy atom. The summed E-state index contributed by atoms with van der Waals surface area (Å²) >= 11 is 0. The lowest BCUT2D eigenvalue weighted by molar-refractivity contribution is -0.130. The third-order valence-corrected chi connectivity index (χ3v) is 4.62. The van der Waals surface area contributed by atoms with E-state index in [4.69, 9.17) is 0 Å². The fourth-order valence-corrected chi connectivity index (χ4v) is 3.49. The number of rotatable bonds is 3. The second kappa shape index (κ2) is 6.18. The van der Waals surface area contributed by atoms with Gasteiger partial charge in [-0.25, -0.2) is 9.97 Å². The largest absolute Gasteiger partial charge is 0.341 e. The zero-order valence-electron chi connectivity index (χ0n) is 13.3. The van der Waals surface area contributed by atoms with Gasteiger partial charge in [-0.15, -0.1) is 0 Å². The number of anilines is 1. The van der Waals surface area contributed by atoms with Gasteiger partial charge in [0.2, 0.25) is 11.9 Å². The van der Waals surface area contributed by atoms with E-state index in [1.54, 1.807) is 0 Å². The maximum atomic E-state index is 12.8. The van der Waals surface area contributed by atoms with E-state index in [1.165, 1.54) is 0 Å². The van der Waals surface area contributed by atoms with Gasteiger partial charge in [-0.1, -0.05) is 0 Å². The molecule has 1 amide bonds. The molecule has 2 saturated heterocycles. The van der Waals surface area contributed by atoms with Crippen LogP contribution in [0.1, 0.15) is 30.7 Å². The lowest BCUT2D eigenvalue weighted by atomic mass is 10.0. The Labute approximate surface area is 130 Å². The van der Waals surface area contributed by atoms with Crippen molar-refractivity contribution in [2.45, 2.75) is 39.2 Å². The molecule has 0 aliphatic carbocycles. The summed E-state index contributed by atoms with van der Waals surface area (Å²) in [5, 5.41) is 0. The third-order valence-electron chi connectivity index (χ3n) is 4.62. The van der Waals surface area contributed by atoms with Gasteiger partial charge in [0.1, 0.15) is 0 Å². The van der Waals surface area contributed by atoms with Crippen molar-refractivity contribution >= 4 is 11.9 Å². The number of hydrogen-bond donors (Lipinski definition) is 0. The number of aromatic nitrogens is 2. The van der Waals surface area contributed by atoms with E-state index < -0.39 is 6.67 Å². The van der Waals surface area contributed by atoms with Gasteiger partial charge >= 0.3 is 0 Å². The summed E-state index contributed by atoms with van der Waals surface area (Å²) in [6.07, 6.45) is 2.18. The van der Waals surface area contributed by atoms with Gasteiger partial charge in [0.15, 0.2) is 0 Å². The predicted octanol–water partition coefficient (Wildman–Crippen LogP) is 1.88. The minimum atomic E-state index is -0.391. The number of carbonyl (C=O) groups excluding carboxylic acids is 1. The highest BCUT2D eigenvalue weighted by molar-refractivity contribution is 5.79. The lowest BCUT2D eigenvalue weighted by Crippen LogP contribution is -2.46. The minimum Gasteiger partial charge on any atom is -0.341 e. The molecule has 120 valence electrons. The zero-order valence-corrected chi connectivity index (χ0v) is 13.3. The molecule has 3 heterocycles. The van der Waals surface area contributed by atoms with E-state index in [0.717, 1.165) is 43.3 Å². The minimum absolute atomic E-state index is 0.103. The number of halogens is 1. The second-order valence-electron chi connectivity index (χ2n) is 6.44. The molecule has 5 nitrogen and oxygen atoms in total. The molecule has 2 fully saturated rings. The highest BCUT2D eigenvalue weighted by Gasteiger charge is 2.36. The molecule has 0 aromatic carbocycles. The number of amides is 1. The van der Waals surface area contributed by atoms with Crippen LogP contribution < -0.4 is 4.90 Å². The fraction of sp³-hybridized carbons (Fsp3) is 0.688. The summed E-state index contributed by atoms with van der Waals surface area (Å²) < 4.78 is 12.8. The van der Waals surface area contributed by atoms with Crippen LogP contribution in [0.2, 0.25) is 0 Å². The number of carbonyl (C=O) groups is 1. The Kier molecular flexibility index (Phi) is 4.27. The normalized spacial score (nSPS) is 23.4. The molecule has 1 aromatic rings. The maximum absolute atomic E-state index is 12.8. The monoisotopic (exact) mass is 306 g/mol. The van der Waals surface area contributed by atoms with E-state index in [1.807, 2.05) is 24.8 Å².